The zero-order valence-electron chi connectivity index (χ0n) is 16.6. The molecule has 0 unspecified atom stereocenters. The van der Waals surface area contributed by atoms with Crippen molar-refractivity contribution in [3.63, 3.8) is 0 Å². The van der Waals surface area contributed by atoms with Crippen molar-refractivity contribution in [1.82, 2.24) is 14.9 Å². The summed E-state index contributed by atoms with van der Waals surface area (Å²) in [5.74, 6) is 0.561. The third-order valence-electron chi connectivity index (χ3n) is 5.62. The molecule has 3 heterocycles. The SMILES string of the molecule is Cc1cc(C)nc(O[C@@H]2C(=O)N3CCOc4ccc(Cl)cc4[C@]23c2ccccc2)n1. The van der Waals surface area contributed by atoms with E-state index in [-0.39, 0.29) is 11.9 Å². The number of halogens is 1. The van der Waals surface area contributed by atoms with Gasteiger partial charge in [0, 0.05) is 22.0 Å². The number of rotatable bonds is 3. The Labute approximate surface area is 179 Å². The smallest absolute Gasteiger partial charge is 0.317 e. The highest BCUT2D eigenvalue weighted by Crippen LogP contribution is 2.52. The van der Waals surface area contributed by atoms with Crippen LogP contribution in [0.1, 0.15) is 22.5 Å². The van der Waals surface area contributed by atoms with Crippen molar-refractivity contribution in [1.29, 1.82) is 0 Å². The topological polar surface area (TPSA) is 64.5 Å². The minimum absolute atomic E-state index is 0.127. The zero-order chi connectivity index (χ0) is 20.9. The number of carbonyl (C=O) groups excluding carboxylic acids is 1. The lowest BCUT2D eigenvalue weighted by Gasteiger charge is -2.55. The summed E-state index contributed by atoms with van der Waals surface area (Å²) in [6, 6.07) is 17.4. The molecule has 6 nitrogen and oxygen atoms in total. The van der Waals surface area contributed by atoms with E-state index in [9.17, 15) is 4.79 Å². The molecule has 3 aromatic rings. The summed E-state index contributed by atoms with van der Waals surface area (Å²) in [5.41, 5.74) is 2.40. The first-order chi connectivity index (χ1) is 14.5. The average Bonchev–Trinajstić information content (AvgIpc) is 2.87. The van der Waals surface area contributed by atoms with E-state index >= 15 is 0 Å². The summed E-state index contributed by atoms with van der Waals surface area (Å²) < 4.78 is 12.2. The number of hydrogen-bond donors (Lipinski definition) is 0. The molecule has 1 saturated heterocycles. The van der Waals surface area contributed by atoms with Gasteiger partial charge in [-0.05, 0) is 43.7 Å². The van der Waals surface area contributed by atoms with Crippen LogP contribution in [0, 0.1) is 13.8 Å². The molecule has 5 rings (SSSR count). The Balaban J connectivity index is 1.72. The Morgan fingerprint density at radius 3 is 2.57 bits per heavy atom. The van der Waals surface area contributed by atoms with E-state index in [2.05, 4.69) is 9.97 Å². The fraction of sp³-hybridized carbons (Fsp3) is 0.261. The number of nitrogens with zero attached hydrogens (tertiary/aromatic N) is 3. The van der Waals surface area contributed by atoms with Gasteiger partial charge in [-0.3, -0.25) is 4.79 Å². The fourth-order valence-corrected chi connectivity index (χ4v) is 4.63. The number of benzene rings is 2. The van der Waals surface area contributed by atoms with Gasteiger partial charge in [0.15, 0.2) is 0 Å². The second-order valence-corrected chi connectivity index (χ2v) is 7.98. The molecule has 2 aliphatic heterocycles. The molecule has 0 N–H and O–H groups in total. The number of fused-ring (bicyclic) bond motifs is 3. The maximum Gasteiger partial charge on any atom is 0.317 e. The predicted molar refractivity (Wildman–Crippen MR) is 112 cm³/mol. The molecule has 7 heteroatoms. The van der Waals surface area contributed by atoms with Crippen molar-refractivity contribution in [2.75, 3.05) is 13.2 Å². The summed E-state index contributed by atoms with van der Waals surface area (Å²) >= 11 is 6.38. The molecule has 1 aromatic heterocycles. The van der Waals surface area contributed by atoms with Crippen molar-refractivity contribution >= 4 is 17.5 Å². The molecule has 0 radical (unpaired) electrons. The highest BCUT2D eigenvalue weighted by atomic mass is 35.5. The Morgan fingerprint density at radius 2 is 1.83 bits per heavy atom. The highest BCUT2D eigenvalue weighted by Gasteiger charge is 2.66. The summed E-state index contributed by atoms with van der Waals surface area (Å²) in [6.45, 7) is 4.57. The maximum absolute atomic E-state index is 13.3. The van der Waals surface area contributed by atoms with Gasteiger partial charge in [0.25, 0.3) is 5.91 Å². The third kappa shape index (κ3) is 2.75. The summed E-state index contributed by atoms with van der Waals surface area (Å²) in [5, 5.41) is 0.565. The zero-order valence-corrected chi connectivity index (χ0v) is 17.4. The van der Waals surface area contributed by atoms with Crippen molar-refractivity contribution in [3.05, 3.63) is 82.1 Å². The van der Waals surface area contributed by atoms with Crippen LogP contribution in [-0.2, 0) is 10.3 Å². The molecule has 30 heavy (non-hydrogen) atoms. The van der Waals surface area contributed by atoms with Gasteiger partial charge >= 0.3 is 6.01 Å². The first-order valence-corrected chi connectivity index (χ1v) is 10.2. The van der Waals surface area contributed by atoms with Crippen molar-refractivity contribution in [2.45, 2.75) is 25.5 Å². The molecule has 0 bridgehead atoms. The van der Waals surface area contributed by atoms with Gasteiger partial charge in [0.1, 0.15) is 17.9 Å². The van der Waals surface area contributed by atoms with Gasteiger partial charge in [0.2, 0.25) is 6.10 Å². The molecule has 0 spiro atoms. The molecule has 0 aliphatic carbocycles. The van der Waals surface area contributed by atoms with Crippen LogP contribution >= 0.6 is 11.6 Å². The van der Waals surface area contributed by atoms with Gasteiger partial charge in [-0.25, -0.2) is 9.97 Å². The number of ether oxygens (including phenoxy) is 2. The Kier molecular flexibility index (Phi) is 4.40. The lowest BCUT2D eigenvalue weighted by molar-refractivity contribution is -0.177. The lowest BCUT2D eigenvalue weighted by Crippen LogP contribution is -2.74. The van der Waals surface area contributed by atoms with E-state index in [1.165, 1.54) is 0 Å². The van der Waals surface area contributed by atoms with E-state index in [0.29, 0.717) is 23.9 Å². The van der Waals surface area contributed by atoms with E-state index in [0.717, 1.165) is 22.5 Å². The second kappa shape index (κ2) is 6.99. The van der Waals surface area contributed by atoms with Crippen LogP contribution in [0.4, 0.5) is 0 Å². The van der Waals surface area contributed by atoms with Crippen molar-refractivity contribution in [2.24, 2.45) is 0 Å². The minimum atomic E-state index is -0.879. The summed E-state index contributed by atoms with van der Waals surface area (Å²) in [7, 11) is 0. The monoisotopic (exact) mass is 421 g/mol. The van der Waals surface area contributed by atoms with Crippen LogP contribution in [-0.4, -0.2) is 40.0 Å². The van der Waals surface area contributed by atoms with Crippen LogP contribution in [0.15, 0.2) is 54.6 Å². The number of aryl methyl sites for hydroxylation is 2. The van der Waals surface area contributed by atoms with Crippen LogP contribution in [0.3, 0.4) is 0 Å². The quantitative estimate of drug-likeness (QED) is 0.604. The standard InChI is InChI=1S/C23H20ClN3O3/c1-14-12-15(2)26-22(25-14)30-20-21(28)27-10-11-29-19-9-8-17(24)13-18(19)23(20,27)16-6-4-3-5-7-16/h3-9,12-13,20H,10-11H2,1-2H3/t20-,23-/m1/s1. The van der Waals surface area contributed by atoms with Crippen LogP contribution in [0.2, 0.25) is 5.02 Å². The first kappa shape index (κ1) is 18.9. The third-order valence-corrected chi connectivity index (χ3v) is 5.85. The number of hydrogen-bond acceptors (Lipinski definition) is 5. The van der Waals surface area contributed by atoms with Gasteiger partial charge in [-0.1, -0.05) is 41.9 Å². The van der Waals surface area contributed by atoms with Gasteiger partial charge in [0.05, 0.1) is 6.54 Å². The average molecular weight is 422 g/mol. The fourth-order valence-electron chi connectivity index (χ4n) is 4.46. The normalized spacial score (nSPS) is 22.3. The predicted octanol–water partition coefficient (Wildman–Crippen LogP) is 3.67. The second-order valence-electron chi connectivity index (χ2n) is 7.54. The van der Waals surface area contributed by atoms with E-state index < -0.39 is 11.6 Å². The lowest BCUT2D eigenvalue weighted by atomic mass is 9.69. The first-order valence-electron chi connectivity index (χ1n) is 9.79. The van der Waals surface area contributed by atoms with Crippen LogP contribution < -0.4 is 9.47 Å². The van der Waals surface area contributed by atoms with Gasteiger partial charge in [-0.2, -0.15) is 0 Å². The summed E-state index contributed by atoms with van der Waals surface area (Å²) in [6.07, 6.45) is -0.833. The number of β-lactam (4-membered cyclic amide) rings is 1. The van der Waals surface area contributed by atoms with Crippen LogP contribution in [0.25, 0.3) is 0 Å². The maximum atomic E-state index is 13.3. The van der Waals surface area contributed by atoms with E-state index in [1.54, 1.807) is 11.0 Å². The molecule has 152 valence electrons. The molecule has 1 fully saturated rings. The summed E-state index contributed by atoms with van der Waals surface area (Å²) in [4.78, 5) is 23.8. The Bertz CT molecular complexity index is 1120. The number of carbonyl (C=O) groups is 1. The van der Waals surface area contributed by atoms with E-state index in [4.69, 9.17) is 21.1 Å². The number of aromatic nitrogens is 2. The molecule has 2 aromatic carbocycles. The number of amides is 1. The Hall–Kier alpha value is -3.12. The largest absolute Gasteiger partial charge is 0.491 e. The van der Waals surface area contributed by atoms with E-state index in [1.807, 2.05) is 62.4 Å². The van der Waals surface area contributed by atoms with Gasteiger partial charge < -0.3 is 14.4 Å². The van der Waals surface area contributed by atoms with Crippen LogP contribution in [0.5, 0.6) is 11.8 Å². The molecular weight excluding hydrogens is 402 g/mol. The molecule has 2 atom stereocenters. The van der Waals surface area contributed by atoms with Gasteiger partial charge in [-0.15, -0.1) is 0 Å². The minimum Gasteiger partial charge on any atom is -0.491 e. The van der Waals surface area contributed by atoms with Crippen molar-refractivity contribution in [3.8, 4) is 11.8 Å². The molecule has 2 aliphatic rings. The molecule has 1 amide bonds. The Morgan fingerprint density at radius 1 is 1.10 bits per heavy atom. The van der Waals surface area contributed by atoms with Crippen molar-refractivity contribution < 1.29 is 14.3 Å². The molecule has 0 saturated carbocycles. The molecular formula is C23H20ClN3O3. The highest BCUT2D eigenvalue weighted by molar-refractivity contribution is 6.30.